The van der Waals surface area contributed by atoms with E-state index in [0.717, 1.165) is 6.42 Å². The van der Waals surface area contributed by atoms with Crippen LogP contribution in [0.4, 0.5) is 0 Å². The molecule has 0 unspecified atom stereocenters. The van der Waals surface area contributed by atoms with Gasteiger partial charge in [-0.05, 0) is 48.0 Å². The van der Waals surface area contributed by atoms with E-state index in [-0.39, 0.29) is 5.91 Å². The Morgan fingerprint density at radius 3 is 2.71 bits per heavy atom. The highest BCUT2D eigenvalue weighted by Gasteiger charge is 2.07. The topological polar surface area (TPSA) is 81.9 Å². The molecule has 0 fully saturated rings. The maximum Gasteiger partial charge on any atom is 0.251 e. The number of carbonyl (C=O) groups is 1. The molecule has 0 radical (unpaired) electrons. The van der Waals surface area contributed by atoms with Gasteiger partial charge in [-0.3, -0.25) is 4.79 Å². The van der Waals surface area contributed by atoms with Gasteiger partial charge in [0.25, 0.3) is 5.91 Å². The summed E-state index contributed by atoms with van der Waals surface area (Å²) in [4.78, 5) is 11.8. The molecule has 1 amide bonds. The fourth-order valence-electron chi connectivity index (χ4n) is 1.76. The Kier molecular flexibility index (Phi) is 5.25. The van der Waals surface area contributed by atoms with Gasteiger partial charge in [0.1, 0.15) is 12.4 Å². The molecule has 2 aromatic rings. The van der Waals surface area contributed by atoms with E-state index in [2.05, 4.69) is 20.8 Å². The summed E-state index contributed by atoms with van der Waals surface area (Å²) >= 11 is 0. The molecule has 0 spiro atoms. The molecule has 7 nitrogen and oxygen atoms in total. The zero-order chi connectivity index (χ0) is 15.1. The predicted octanol–water partition coefficient (Wildman–Crippen LogP) is 1.41. The molecule has 0 atom stereocenters. The number of rotatable bonds is 7. The monoisotopic (exact) mass is 289 g/mol. The van der Waals surface area contributed by atoms with Crippen LogP contribution in [-0.2, 0) is 13.2 Å². The van der Waals surface area contributed by atoms with Crippen molar-refractivity contribution < 1.29 is 9.53 Å². The number of benzene rings is 1. The summed E-state index contributed by atoms with van der Waals surface area (Å²) < 4.78 is 7.29. The first kappa shape index (κ1) is 15.0. The predicted molar refractivity (Wildman–Crippen MR) is 76.9 cm³/mol. The van der Waals surface area contributed by atoms with Crippen LogP contribution in [0.5, 0.6) is 5.75 Å². The lowest BCUT2D eigenvalue weighted by molar-refractivity contribution is 0.0953. The Labute approximate surface area is 123 Å². The quantitative estimate of drug-likeness (QED) is 0.833. The van der Waals surface area contributed by atoms with Crippen LogP contribution in [0.15, 0.2) is 24.3 Å². The Balaban J connectivity index is 1.92. The smallest absolute Gasteiger partial charge is 0.251 e. The van der Waals surface area contributed by atoms with Gasteiger partial charge in [0.2, 0.25) is 0 Å². The first-order valence-corrected chi connectivity index (χ1v) is 7.00. The van der Waals surface area contributed by atoms with Gasteiger partial charge < -0.3 is 10.1 Å². The SMILES string of the molecule is CCCNC(=O)c1ccc(OCc2nnnn2CC)cc1. The first-order valence-electron chi connectivity index (χ1n) is 7.00. The van der Waals surface area contributed by atoms with Crippen LogP contribution < -0.4 is 10.1 Å². The van der Waals surface area contributed by atoms with E-state index in [1.165, 1.54) is 0 Å². The molecule has 1 heterocycles. The van der Waals surface area contributed by atoms with Crippen LogP contribution >= 0.6 is 0 Å². The Hall–Kier alpha value is -2.44. The number of hydrogen-bond donors (Lipinski definition) is 1. The van der Waals surface area contributed by atoms with Crippen molar-refractivity contribution in [2.45, 2.75) is 33.4 Å². The molecule has 0 saturated heterocycles. The minimum Gasteiger partial charge on any atom is -0.486 e. The van der Waals surface area contributed by atoms with E-state index in [1.54, 1.807) is 28.9 Å². The van der Waals surface area contributed by atoms with Crippen LogP contribution in [0.3, 0.4) is 0 Å². The molecule has 0 bridgehead atoms. The van der Waals surface area contributed by atoms with Crippen molar-refractivity contribution >= 4 is 5.91 Å². The third kappa shape index (κ3) is 4.01. The maximum atomic E-state index is 11.8. The summed E-state index contributed by atoms with van der Waals surface area (Å²) in [6.07, 6.45) is 0.916. The summed E-state index contributed by atoms with van der Waals surface area (Å²) in [5, 5.41) is 14.2. The Morgan fingerprint density at radius 1 is 1.29 bits per heavy atom. The van der Waals surface area contributed by atoms with Crippen molar-refractivity contribution in [2.24, 2.45) is 0 Å². The van der Waals surface area contributed by atoms with Gasteiger partial charge in [0, 0.05) is 18.7 Å². The van der Waals surface area contributed by atoms with Crippen molar-refractivity contribution in [3.63, 3.8) is 0 Å². The van der Waals surface area contributed by atoms with Crippen molar-refractivity contribution in [3.05, 3.63) is 35.7 Å². The largest absolute Gasteiger partial charge is 0.486 e. The second-order valence-corrected chi connectivity index (χ2v) is 4.48. The average molecular weight is 289 g/mol. The van der Waals surface area contributed by atoms with E-state index in [9.17, 15) is 4.79 Å². The molecular weight excluding hydrogens is 270 g/mol. The number of ether oxygens (including phenoxy) is 1. The molecule has 0 saturated carbocycles. The number of aryl methyl sites for hydroxylation is 1. The van der Waals surface area contributed by atoms with E-state index < -0.39 is 0 Å². The van der Waals surface area contributed by atoms with Crippen molar-refractivity contribution in [1.82, 2.24) is 25.5 Å². The van der Waals surface area contributed by atoms with Gasteiger partial charge in [0.15, 0.2) is 5.82 Å². The van der Waals surface area contributed by atoms with Gasteiger partial charge in [0.05, 0.1) is 0 Å². The summed E-state index contributed by atoms with van der Waals surface area (Å²) in [6, 6.07) is 7.01. The second-order valence-electron chi connectivity index (χ2n) is 4.48. The first-order chi connectivity index (χ1) is 10.2. The number of nitrogens with one attached hydrogen (secondary N) is 1. The molecule has 1 aromatic heterocycles. The lowest BCUT2D eigenvalue weighted by atomic mass is 10.2. The Bertz CT molecular complexity index is 579. The van der Waals surface area contributed by atoms with Gasteiger partial charge in [-0.25, -0.2) is 4.68 Å². The number of carbonyl (C=O) groups excluding carboxylic acids is 1. The second kappa shape index (κ2) is 7.37. The molecule has 0 aliphatic heterocycles. The molecule has 1 N–H and O–H groups in total. The van der Waals surface area contributed by atoms with E-state index in [4.69, 9.17) is 4.74 Å². The lowest BCUT2D eigenvalue weighted by Crippen LogP contribution is -2.23. The summed E-state index contributed by atoms with van der Waals surface area (Å²) in [5.41, 5.74) is 0.620. The van der Waals surface area contributed by atoms with Crippen LogP contribution in [0.1, 0.15) is 36.5 Å². The highest BCUT2D eigenvalue weighted by molar-refractivity contribution is 5.94. The van der Waals surface area contributed by atoms with Crippen LogP contribution in [0.2, 0.25) is 0 Å². The number of amides is 1. The third-order valence-electron chi connectivity index (χ3n) is 2.93. The third-order valence-corrected chi connectivity index (χ3v) is 2.93. The van der Waals surface area contributed by atoms with Gasteiger partial charge in [-0.1, -0.05) is 6.92 Å². The summed E-state index contributed by atoms with van der Waals surface area (Å²) in [5.74, 6) is 1.27. The normalized spacial score (nSPS) is 10.4. The molecule has 7 heteroatoms. The molecule has 112 valence electrons. The van der Waals surface area contributed by atoms with Gasteiger partial charge in [-0.2, -0.15) is 0 Å². The van der Waals surface area contributed by atoms with Gasteiger partial charge >= 0.3 is 0 Å². The molecular formula is C14H19N5O2. The minimum atomic E-state index is -0.0710. The van der Waals surface area contributed by atoms with Crippen LogP contribution in [-0.4, -0.2) is 32.7 Å². The average Bonchev–Trinajstić information content (AvgIpc) is 2.98. The van der Waals surface area contributed by atoms with E-state index in [1.807, 2.05) is 13.8 Å². The highest BCUT2D eigenvalue weighted by atomic mass is 16.5. The van der Waals surface area contributed by atoms with E-state index in [0.29, 0.717) is 36.8 Å². The zero-order valence-corrected chi connectivity index (χ0v) is 12.2. The summed E-state index contributed by atoms with van der Waals surface area (Å²) in [6.45, 7) is 5.64. The van der Waals surface area contributed by atoms with E-state index >= 15 is 0 Å². The lowest BCUT2D eigenvalue weighted by Gasteiger charge is -2.07. The number of tetrazole rings is 1. The maximum absolute atomic E-state index is 11.8. The molecule has 21 heavy (non-hydrogen) atoms. The molecule has 0 aliphatic carbocycles. The minimum absolute atomic E-state index is 0.0710. The van der Waals surface area contributed by atoms with Crippen LogP contribution in [0, 0.1) is 0 Å². The molecule has 2 rings (SSSR count). The standard InChI is InChI=1S/C14H19N5O2/c1-3-9-15-14(20)11-5-7-12(8-6-11)21-10-13-16-17-18-19(13)4-2/h5-8H,3-4,9-10H2,1-2H3,(H,15,20). The van der Waals surface area contributed by atoms with Crippen molar-refractivity contribution in [3.8, 4) is 5.75 Å². The number of nitrogens with zero attached hydrogens (tertiary/aromatic N) is 4. The fraction of sp³-hybridized carbons (Fsp3) is 0.429. The fourth-order valence-corrected chi connectivity index (χ4v) is 1.76. The van der Waals surface area contributed by atoms with Gasteiger partial charge in [-0.15, -0.1) is 5.10 Å². The Morgan fingerprint density at radius 2 is 2.05 bits per heavy atom. The molecule has 0 aliphatic rings. The number of hydrogen-bond acceptors (Lipinski definition) is 5. The molecule has 1 aromatic carbocycles. The van der Waals surface area contributed by atoms with Crippen LogP contribution in [0.25, 0.3) is 0 Å². The zero-order valence-electron chi connectivity index (χ0n) is 12.2. The summed E-state index contributed by atoms with van der Waals surface area (Å²) in [7, 11) is 0. The van der Waals surface area contributed by atoms with Crippen molar-refractivity contribution in [2.75, 3.05) is 6.54 Å². The van der Waals surface area contributed by atoms with Crippen molar-refractivity contribution in [1.29, 1.82) is 0 Å². The highest BCUT2D eigenvalue weighted by Crippen LogP contribution is 2.13. The number of aromatic nitrogens is 4.